The maximum atomic E-state index is 12.7. The van der Waals surface area contributed by atoms with Crippen molar-refractivity contribution < 1.29 is 9.59 Å². The van der Waals surface area contributed by atoms with Crippen molar-refractivity contribution >= 4 is 34.1 Å². The van der Waals surface area contributed by atoms with Gasteiger partial charge in [-0.2, -0.15) is 0 Å². The molecule has 0 unspecified atom stereocenters. The molecule has 0 bridgehead atoms. The van der Waals surface area contributed by atoms with Crippen LogP contribution in [0.3, 0.4) is 0 Å². The van der Waals surface area contributed by atoms with Gasteiger partial charge in [-0.15, -0.1) is 0 Å². The summed E-state index contributed by atoms with van der Waals surface area (Å²) in [5.41, 5.74) is 2.47. The molecule has 3 heterocycles. The lowest BCUT2D eigenvalue weighted by Crippen LogP contribution is -2.30. The molecule has 1 amide bonds. The van der Waals surface area contributed by atoms with Crippen molar-refractivity contribution in [1.82, 2.24) is 9.97 Å². The van der Waals surface area contributed by atoms with Crippen LogP contribution in [-0.2, 0) is 4.79 Å². The van der Waals surface area contributed by atoms with Gasteiger partial charge in [-0.25, -0.2) is 4.98 Å². The Kier molecular flexibility index (Phi) is 4.62. The number of aryl methyl sites for hydroxylation is 1. The molecule has 6 nitrogen and oxygen atoms in total. The van der Waals surface area contributed by atoms with Gasteiger partial charge in [0.15, 0.2) is 0 Å². The summed E-state index contributed by atoms with van der Waals surface area (Å²) in [6.45, 7) is 3.82. The molecule has 1 aromatic carbocycles. The van der Waals surface area contributed by atoms with Gasteiger partial charge in [0.05, 0.1) is 17.4 Å². The van der Waals surface area contributed by atoms with E-state index in [4.69, 9.17) is 0 Å². The van der Waals surface area contributed by atoms with Crippen molar-refractivity contribution in [2.24, 2.45) is 0 Å². The van der Waals surface area contributed by atoms with Crippen LogP contribution in [-0.4, -0.2) is 34.7 Å². The molecule has 0 radical (unpaired) electrons. The van der Waals surface area contributed by atoms with Gasteiger partial charge in [-0.1, -0.05) is 18.2 Å². The van der Waals surface area contributed by atoms with Crippen molar-refractivity contribution in [3.8, 4) is 0 Å². The second-order valence-corrected chi connectivity index (χ2v) is 6.91. The van der Waals surface area contributed by atoms with E-state index in [-0.39, 0.29) is 0 Å². The summed E-state index contributed by atoms with van der Waals surface area (Å²) in [4.78, 5) is 35.0. The second-order valence-electron chi connectivity index (χ2n) is 6.91. The second kappa shape index (κ2) is 7.23. The number of piperidine rings is 1. The molecule has 1 fully saturated rings. The first-order chi connectivity index (χ1) is 13.1. The molecular formula is C21H22N4O2. The molecule has 1 aliphatic rings. The van der Waals surface area contributed by atoms with E-state index in [2.05, 4.69) is 20.2 Å². The SMILES string of the molecule is Cc1[nH]c2ccccc2c1C(=O)C(=O)Nc1ccc(N2CCCCC2)nc1. The molecule has 6 heteroatoms. The van der Waals surface area contributed by atoms with Gasteiger partial charge in [0.1, 0.15) is 5.82 Å². The number of aromatic nitrogens is 2. The lowest BCUT2D eigenvalue weighted by Gasteiger charge is -2.27. The predicted molar refractivity (Wildman–Crippen MR) is 106 cm³/mol. The molecule has 2 N–H and O–H groups in total. The van der Waals surface area contributed by atoms with E-state index in [1.54, 1.807) is 19.2 Å². The van der Waals surface area contributed by atoms with E-state index in [0.29, 0.717) is 16.9 Å². The monoisotopic (exact) mass is 362 g/mol. The minimum Gasteiger partial charge on any atom is -0.358 e. The quantitative estimate of drug-likeness (QED) is 0.548. The number of fused-ring (bicyclic) bond motifs is 1. The fraction of sp³-hybridized carbons (Fsp3) is 0.286. The molecule has 4 rings (SSSR count). The Morgan fingerprint density at radius 3 is 2.59 bits per heavy atom. The van der Waals surface area contributed by atoms with Crippen LogP contribution in [0.4, 0.5) is 11.5 Å². The molecule has 0 spiro atoms. The smallest absolute Gasteiger partial charge is 0.296 e. The number of amides is 1. The number of para-hydroxylation sites is 1. The van der Waals surface area contributed by atoms with E-state index in [0.717, 1.165) is 29.8 Å². The van der Waals surface area contributed by atoms with Crippen LogP contribution < -0.4 is 10.2 Å². The zero-order chi connectivity index (χ0) is 18.8. The van der Waals surface area contributed by atoms with Crippen LogP contribution in [0.5, 0.6) is 0 Å². The van der Waals surface area contributed by atoms with Crippen LogP contribution in [0, 0.1) is 6.92 Å². The number of Topliss-reactive ketones (excluding diaryl/α,β-unsaturated/α-hetero) is 1. The Morgan fingerprint density at radius 1 is 1.07 bits per heavy atom. The van der Waals surface area contributed by atoms with Gasteiger partial charge >= 0.3 is 0 Å². The number of nitrogens with one attached hydrogen (secondary N) is 2. The summed E-state index contributed by atoms with van der Waals surface area (Å²) in [7, 11) is 0. The molecular weight excluding hydrogens is 340 g/mol. The van der Waals surface area contributed by atoms with Gasteiger partial charge in [-0.3, -0.25) is 9.59 Å². The number of carbonyl (C=O) groups is 2. The van der Waals surface area contributed by atoms with Crippen molar-refractivity contribution in [2.75, 3.05) is 23.3 Å². The van der Waals surface area contributed by atoms with Gasteiger partial charge in [0.25, 0.3) is 11.7 Å². The minimum atomic E-state index is -0.657. The third-order valence-corrected chi connectivity index (χ3v) is 5.01. The molecule has 1 saturated heterocycles. The number of pyridine rings is 1. The highest BCUT2D eigenvalue weighted by atomic mass is 16.2. The molecule has 27 heavy (non-hydrogen) atoms. The predicted octanol–water partition coefficient (Wildman–Crippen LogP) is 3.68. The maximum absolute atomic E-state index is 12.7. The molecule has 1 aliphatic heterocycles. The van der Waals surface area contributed by atoms with E-state index in [1.807, 2.05) is 30.3 Å². The highest BCUT2D eigenvalue weighted by Crippen LogP contribution is 2.23. The van der Waals surface area contributed by atoms with Crippen molar-refractivity contribution in [3.63, 3.8) is 0 Å². The Bertz CT molecular complexity index is 985. The Hall–Kier alpha value is -3.15. The average molecular weight is 362 g/mol. The number of ketones is 1. The number of aromatic amines is 1. The summed E-state index contributed by atoms with van der Waals surface area (Å²) in [5, 5.41) is 3.43. The van der Waals surface area contributed by atoms with Crippen LogP contribution in [0.1, 0.15) is 35.3 Å². The number of nitrogens with zero attached hydrogens (tertiary/aromatic N) is 2. The summed E-state index contributed by atoms with van der Waals surface area (Å²) in [6, 6.07) is 11.2. The largest absolute Gasteiger partial charge is 0.358 e. The lowest BCUT2D eigenvalue weighted by molar-refractivity contribution is -0.112. The van der Waals surface area contributed by atoms with Gasteiger partial charge in [0, 0.05) is 29.7 Å². The fourth-order valence-electron chi connectivity index (χ4n) is 3.64. The molecule has 138 valence electrons. The van der Waals surface area contributed by atoms with Crippen molar-refractivity contribution in [2.45, 2.75) is 26.2 Å². The first kappa shape index (κ1) is 17.3. The van der Waals surface area contributed by atoms with Crippen LogP contribution in [0.15, 0.2) is 42.6 Å². The third-order valence-electron chi connectivity index (χ3n) is 5.01. The Balaban J connectivity index is 1.50. The van der Waals surface area contributed by atoms with Crippen LogP contribution in [0.25, 0.3) is 10.9 Å². The number of hydrogen-bond donors (Lipinski definition) is 2. The number of hydrogen-bond acceptors (Lipinski definition) is 4. The maximum Gasteiger partial charge on any atom is 0.296 e. The minimum absolute atomic E-state index is 0.418. The zero-order valence-corrected chi connectivity index (χ0v) is 15.3. The molecule has 3 aromatic rings. The number of H-pyrrole nitrogens is 1. The normalized spacial score (nSPS) is 14.3. The number of anilines is 2. The van der Waals surface area contributed by atoms with Crippen molar-refractivity contribution in [3.05, 3.63) is 53.9 Å². The van der Waals surface area contributed by atoms with Gasteiger partial charge < -0.3 is 15.2 Å². The van der Waals surface area contributed by atoms with Gasteiger partial charge in [-0.05, 0) is 44.4 Å². The number of benzene rings is 1. The number of rotatable bonds is 4. The zero-order valence-electron chi connectivity index (χ0n) is 15.3. The van der Waals surface area contributed by atoms with Crippen LogP contribution >= 0.6 is 0 Å². The van der Waals surface area contributed by atoms with E-state index >= 15 is 0 Å². The van der Waals surface area contributed by atoms with Crippen LogP contribution in [0.2, 0.25) is 0 Å². The Labute approximate surface area is 157 Å². The fourth-order valence-corrected chi connectivity index (χ4v) is 3.64. The highest BCUT2D eigenvalue weighted by Gasteiger charge is 2.23. The average Bonchev–Trinajstić information content (AvgIpc) is 3.04. The summed E-state index contributed by atoms with van der Waals surface area (Å²) in [6.07, 6.45) is 5.23. The van der Waals surface area contributed by atoms with Crippen molar-refractivity contribution in [1.29, 1.82) is 0 Å². The topological polar surface area (TPSA) is 78.1 Å². The lowest BCUT2D eigenvalue weighted by atomic mass is 10.1. The molecule has 0 atom stereocenters. The molecule has 2 aromatic heterocycles. The molecule has 0 aliphatic carbocycles. The first-order valence-electron chi connectivity index (χ1n) is 9.27. The standard InChI is InChI=1S/C21H22N4O2/c1-14-19(16-7-3-4-8-17(16)23-14)20(26)21(27)24-15-9-10-18(22-13-15)25-11-5-2-6-12-25/h3-4,7-10,13,23H,2,5-6,11-12H2,1H3,(H,24,27). The summed E-state index contributed by atoms with van der Waals surface area (Å²) < 4.78 is 0. The molecule has 0 saturated carbocycles. The summed E-state index contributed by atoms with van der Waals surface area (Å²) >= 11 is 0. The first-order valence-corrected chi connectivity index (χ1v) is 9.27. The number of carbonyl (C=O) groups excluding carboxylic acids is 2. The van der Waals surface area contributed by atoms with Gasteiger partial charge in [0.2, 0.25) is 0 Å². The van der Waals surface area contributed by atoms with E-state index in [1.165, 1.54) is 19.3 Å². The van der Waals surface area contributed by atoms with E-state index in [9.17, 15) is 9.59 Å². The third kappa shape index (κ3) is 3.43. The highest BCUT2D eigenvalue weighted by molar-refractivity contribution is 6.48. The Morgan fingerprint density at radius 2 is 1.85 bits per heavy atom. The van der Waals surface area contributed by atoms with E-state index < -0.39 is 11.7 Å². The summed E-state index contributed by atoms with van der Waals surface area (Å²) in [5.74, 6) is -0.299.